The van der Waals surface area contributed by atoms with Gasteiger partial charge in [-0.1, -0.05) is 11.6 Å². The molecule has 0 aliphatic heterocycles. The van der Waals surface area contributed by atoms with Crippen LogP contribution in [0.25, 0.3) is 10.9 Å². The summed E-state index contributed by atoms with van der Waals surface area (Å²) in [6.45, 7) is 3.95. The first-order chi connectivity index (χ1) is 10.5. The van der Waals surface area contributed by atoms with Crippen molar-refractivity contribution in [2.45, 2.75) is 13.8 Å². The second-order valence-electron chi connectivity index (χ2n) is 4.98. The van der Waals surface area contributed by atoms with Gasteiger partial charge in [0.15, 0.2) is 0 Å². The van der Waals surface area contributed by atoms with Gasteiger partial charge in [0.2, 0.25) is 0 Å². The molecule has 1 aromatic carbocycles. The summed E-state index contributed by atoms with van der Waals surface area (Å²) in [4.78, 5) is 7.37. The van der Waals surface area contributed by atoms with E-state index in [-0.39, 0.29) is 0 Å². The third kappa shape index (κ3) is 2.42. The molecule has 2 N–H and O–H groups in total. The summed E-state index contributed by atoms with van der Waals surface area (Å²) in [7, 11) is 0. The maximum atomic E-state index is 9.31. The summed E-state index contributed by atoms with van der Waals surface area (Å²) in [5.74, 6) is 0. The smallest absolute Gasteiger partial charge is 0.103 e. The Hall–Kier alpha value is -1.78. The van der Waals surface area contributed by atoms with E-state index in [1.807, 2.05) is 32.2 Å². The van der Waals surface area contributed by atoms with E-state index >= 15 is 0 Å². The summed E-state index contributed by atoms with van der Waals surface area (Å²) >= 11 is 8.54. The molecule has 0 spiro atoms. The van der Waals surface area contributed by atoms with Gasteiger partial charge in [0.1, 0.15) is 6.07 Å². The Bertz CT molecular complexity index is 924. The number of rotatable bonds is 2. The molecule has 3 rings (SSSR count). The first kappa shape index (κ1) is 15.1. The number of pyridine rings is 1. The Balaban J connectivity index is 2.17. The van der Waals surface area contributed by atoms with Gasteiger partial charge in [0, 0.05) is 23.5 Å². The zero-order valence-electron chi connectivity index (χ0n) is 12.0. The number of nitrogens with one attached hydrogen (secondary N) is 2. The van der Waals surface area contributed by atoms with Crippen LogP contribution >= 0.6 is 34.2 Å². The van der Waals surface area contributed by atoms with Crippen molar-refractivity contribution in [3.8, 4) is 6.07 Å². The van der Waals surface area contributed by atoms with E-state index in [4.69, 9.17) is 11.6 Å². The number of benzene rings is 1. The normalized spacial score (nSPS) is 10.7. The molecule has 0 atom stereocenters. The van der Waals surface area contributed by atoms with Crippen LogP contribution in [0.2, 0.25) is 5.02 Å². The van der Waals surface area contributed by atoms with Crippen LogP contribution in [0, 0.1) is 28.7 Å². The topological polar surface area (TPSA) is 64.5 Å². The van der Waals surface area contributed by atoms with Crippen LogP contribution in [0.4, 0.5) is 11.4 Å². The minimum Gasteiger partial charge on any atom is -0.360 e. The van der Waals surface area contributed by atoms with E-state index in [1.165, 1.54) is 0 Å². The minimum atomic E-state index is 0.514. The van der Waals surface area contributed by atoms with Crippen molar-refractivity contribution in [1.29, 1.82) is 5.26 Å². The SMILES string of the molecule is Cc1ncc(C#N)c(Nc2cc(Cl)c3[nH]ccc3c2C)c1I. The number of anilines is 2. The molecule has 0 unspecified atom stereocenters. The van der Waals surface area contributed by atoms with Crippen molar-refractivity contribution in [2.75, 3.05) is 5.32 Å². The average molecular weight is 423 g/mol. The highest BCUT2D eigenvalue weighted by Gasteiger charge is 2.14. The molecule has 6 heteroatoms. The molecule has 0 aliphatic carbocycles. The van der Waals surface area contributed by atoms with Crippen LogP contribution < -0.4 is 5.32 Å². The monoisotopic (exact) mass is 422 g/mol. The van der Waals surface area contributed by atoms with Crippen LogP contribution in [0.5, 0.6) is 0 Å². The number of hydrogen-bond donors (Lipinski definition) is 2. The number of halogens is 2. The summed E-state index contributed by atoms with van der Waals surface area (Å²) < 4.78 is 0.932. The lowest BCUT2D eigenvalue weighted by atomic mass is 10.1. The summed E-state index contributed by atoms with van der Waals surface area (Å²) in [5, 5.41) is 14.4. The second kappa shape index (κ2) is 5.78. The predicted molar refractivity (Wildman–Crippen MR) is 97.7 cm³/mol. The lowest BCUT2D eigenvalue weighted by Gasteiger charge is -2.15. The highest BCUT2D eigenvalue weighted by Crippen LogP contribution is 2.35. The van der Waals surface area contributed by atoms with E-state index in [0.29, 0.717) is 10.6 Å². The fraction of sp³-hybridized carbons (Fsp3) is 0.125. The molecular formula is C16H12ClIN4. The summed E-state index contributed by atoms with van der Waals surface area (Å²) in [6.07, 6.45) is 3.46. The lowest BCUT2D eigenvalue weighted by Crippen LogP contribution is -2.02. The second-order valence-corrected chi connectivity index (χ2v) is 6.47. The standard InChI is InChI=1S/C16H12ClIN4/c1-8-11-3-4-20-16(11)12(17)5-13(8)22-15-10(6-19)7-21-9(2)14(15)18/h3-5,7,20H,1-2H3,(H,21,22). The fourth-order valence-corrected chi connectivity index (χ4v) is 3.22. The van der Waals surface area contributed by atoms with Gasteiger partial charge in [-0.25, -0.2) is 0 Å². The van der Waals surface area contributed by atoms with Gasteiger partial charge < -0.3 is 10.3 Å². The number of H-pyrrole nitrogens is 1. The molecule has 2 heterocycles. The predicted octanol–water partition coefficient (Wildman–Crippen LogP) is 5.05. The molecule has 0 radical (unpaired) electrons. The number of aromatic amines is 1. The van der Waals surface area contributed by atoms with Gasteiger partial charge >= 0.3 is 0 Å². The Kier molecular flexibility index (Phi) is 3.98. The van der Waals surface area contributed by atoms with Crippen molar-refractivity contribution in [2.24, 2.45) is 0 Å². The molecule has 22 heavy (non-hydrogen) atoms. The highest BCUT2D eigenvalue weighted by molar-refractivity contribution is 14.1. The van der Waals surface area contributed by atoms with Crippen LogP contribution in [0.3, 0.4) is 0 Å². The fourth-order valence-electron chi connectivity index (χ4n) is 2.38. The van der Waals surface area contributed by atoms with E-state index in [9.17, 15) is 5.26 Å². The molecule has 0 saturated heterocycles. The van der Waals surface area contributed by atoms with Crippen LogP contribution in [0.15, 0.2) is 24.5 Å². The van der Waals surface area contributed by atoms with Gasteiger partial charge in [-0.05, 0) is 54.1 Å². The lowest BCUT2D eigenvalue weighted by molar-refractivity contribution is 1.17. The van der Waals surface area contributed by atoms with Gasteiger partial charge in [-0.2, -0.15) is 5.26 Å². The molecule has 0 saturated carbocycles. The molecule has 110 valence electrons. The van der Waals surface area contributed by atoms with E-state index in [2.05, 4.69) is 43.9 Å². The van der Waals surface area contributed by atoms with Crippen molar-refractivity contribution in [1.82, 2.24) is 9.97 Å². The maximum Gasteiger partial charge on any atom is 0.103 e. The van der Waals surface area contributed by atoms with Crippen molar-refractivity contribution in [3.05, 3.63) is 49.9 Å². The number of aromatic nitrogens is 2. The van der Waals surface area contributed by atoms with Crippen LogP contribution in [-0.2, 0) is 0 Å². The van der Waals surface area contributed by atoms with Crippen LogP contribution in [0.1, 0.15) is 16.8 Å². The molecule has 0 fully saturated rings. The maximum absolute atomic E-state index is 9.31. The number of nitriles is 1. The van der Waals surface area contributed by atoms with Gasteiger partial charge in [0.05, 0.1) is 31.1 Å². The first-order valence-corrected chi connectivity index (χ1v) is 8.07. The van der Waals surface area contributed by atoms with E-state index < -0.39 is 0 Å². The van der Waals surface area contributed by atoms with Crippen molar-refractivity contribution < 1.29 is 0 Å². The zero-order valence-corrected chi connectivity index (χ0v) is 14.9. The molecule has 0 aliphatic rings. The van der Waals surface area contributed by atoms with Gasteiger partial charge in [-0.3, -0.25) is 4.98 Å². The molecule has 0 bridgehead atoms. The minimum absolute atomic E-state index is 0.514. The molecular weight excluding hydrogens is 411 g/mol. The van der Waals surface area contributed by atoms with Gasteiger partial charge in [-0.15, -0.1) is 0 Å². The van der Waals surface area contributed by atoms with Crippen molar-refractivity contribution >= 4 is 56.5 Å². The Labute approximate surface area is 146 Å². The third-order valence-electron chi connectivity index (χ3n) is 3.64. The average Bonchev–Trinajstić information content (AvgIpc) is 2.99. The molecule has 4 nitrogen and oxygen atoms in total. The van der Waals surface area contributed by atoms with E-state index in [1.54, 1.807) is 6.20 Å². The Morgan fingerprint density at radius 3 is 2.91 bits per heavy atom. The largest absolute Gasteiger partial charge is 0.360 e. The quantitative estimate of drug-likeness (QED) is 0.568. The number of fused-ring (bicyclic) bond motifs is 1. The molecule has 3 aromatic rings. The summed E-state index contributed by atoms with van der Waals surface area (Å²) in [6, 6.07) is 6.05. The van der Waals surface area contributed by atoms with E-state index in [0.717, 1.165) is 37.1 Å². The number of aryl methyl sites for hydroxylation is 2. The summed E-state index contributed by atoms with van der Waals surface area (Å²) in [5.41, 5.74) is 5.05. The van der Waals surface area contributed by atoms with Crippen molar-refractivity contribution in [3.63, 3.8) is 0 Å². The number of hydrogen-bond acceptors (Lipinski definition) is 3. The highest BCUT2D eigenvalue weighted by atomic mass is 127. The first-order valence-electron chi connectivity index (χ1n) is 6.61. The van der Waals surface area contributed by atoms with Gasteiger partial charge in [0.25, 0.3) is 0 Å². The van der Waals surface area contributed by atoms with Crippen LogP contribution in [-0.4, -0.2) is 9.97 Å². The Morgan fingerprint density at radius 2 is 2.18 bits per heavy atom. The Morgan fingerprint density at radius 1 is 1.41 bits per heavy atom. The zero-order chi connectivity index (χ0) is 15.9. The molecule has 2 aromatic heterocycles. The number of nitrogens with zero attached hydrogens (tertiary/aromatic N) is 2. The third-order valence-corrected chi connectivity index (χ3v) is 5.26. The molecule has 0 amide bonds.